The summed E-state index contributed by atoms with van der Waals surface area (Å²) in [6.07, 6.45) is 2.40. The Bertz CT molecular complexity index is 655. The average molecular weight is 317 g/mol. The van der Waals surface area contributed by atoms with Crippen molar-refractivity contribution >= 4 is 0 Å². The normalized spacial score (nSPS) is 21.7. The SMILES string of the molecule is Cc1cc(CN2CCN([C@H](C)c3nc(C4CC4)no3)CC2)no1. The van der Waals surface area contributed by atoms with E-state index in [1.54, 1.807) is 0 Å². The van der Waals surface area contributed by atoms with Crippen molar-refractivity contribution in [3.8, 4) is 0 Å². The largest absolute Gasteiger partial charge is 0.361 e. The molecule has 0 N–H and O–H groups in total. The monoisotopic (exact) mass is 317 g/mol. The first-order valence-corrected chi connectivity index (χ1v) is 8.41. The van der Waals surface area contributed by atoms with Gasteiger partial charge in [-0.25, -0.2) is 0 Å². The van der Waals surface area contributed by atoms with E-state index in [1.165, 1.54) is 12.8 Å². The topological polar surface area (TPSA) is 71.4 Å². The van der Waals surface area contributed by atoms with Crippen LogP contribution in [-0.2, 0) is 6.54 Å². The number of piperazine rings is 1. The molecule has 1 saturated carbocycles. The highest BCUT2D eigenvalue weighted by Gasteiger charge is 2.31. The van der Waals surface area contributed by atoms with Gasteiger partial charge in [0.2, 0.25) is 5.89 Å². The Labute approximate surface area is 135 Å². The summed E-state index contributed by atoms with van der Waals surface area (Å²) in [5.41, 5.74) is 1.01. The summed E-state index contributed by atoms with van der Waals surface area (Å²) in [7, 11) is 0. The highest BCUT2D eigenvalue weighted by molar-refractivity contribution is 5.05. The lowest BCUT2D eigenvalue weighted by Gasteiger charge is -2.36. The lowest BCUT2D eigenvalue weighted by Crippen LogP contribution is -2.46. The lowest BCUT2D eigenvalue weighted by molar-refractivity contribution is 0.0833. The fourth-order valence-corrected chi connectivity index (χ4v) is 3.11. The van der Waals surface area contributed by atoms with Gasteiger partial charge in [-0.1, -0.05) is 10.3 Å². The molecule has 0 aromatic carbocycles. The third-order valence-corrected chi connectivity index (χ3v) is 4.77. The molecule has 1 atom stereocenters. The summed E-state index contributed by atoms with van der Waals surface area (Å²) < 4.78 is 10.6. The zero-order valence-corrected chi connectivity index (χ0v) is 13.7. The van der Waals surface area contributed by atoms with Crippen LogP contribution in [0.3, 0.4) is 0 Å². The molecule has 3 heterocycles. The quantitative estimate of drug-likeness (QED) is 0.836. The second-order valence-corrected chi connectivity index (χ2v) is 6.68. The van der Waals surface area contributed by atoms with E-state index >= 15 is 0 Å². The predicted molar refractivity (Wildman–Crippen MR) is 82.8 cm³/mol. The highest BCUT2D eigenvalue weighted by Crippen LogP contribution is 2.38. The Morgan fingerprint density at radius 2 is 1.96 bits per heavy atom. The number of aromatic nitrogens is 3. The Morgan fingerprint density at radius 1 is 1.17 bits per heavy atom. The minimum absolute atomic E-state index is 0.187. The molecule has 2 aromatic heterocycles. The summed E-state index contributed by atoms with van der Waals surface area (Å²) >= 11 is 0. The molecule has 2 aromatic rings. The van der Waals surface area contributed by atoms with Crippen molar-refractivity contribution in [2.45, 2.75) is 45.2 Å². The third-order valence-electron chi connectivity index (χ3n) is 4.77. The molecule has 0 unspecified atom stereocenters. The molecule has 4 rings (SSSR count). The molecule has 23 heavy (non-hydrogen) atoms. The van der Waals surface area contributed by atoms with Crippen molar-refractivity contribution < 1.29 is 9.05 Å². The molecule has 1 aliphatic heterocycles. The highest BCUT2D eigenvalue weighted by atomic mass is 16.5. The van der Waals surface area contributed by atoms with Crippen LogP contribution in [0.1, 0.15) is 54.9 Å². The van der Waals surface area contributed by atoms with Gasteiger partial charge in [0, 0.05) is 44.7 Å². The van der Waals surface area contributed by atoms with Crippen LogP contribution in [0.2, 0.25) is 0 Å². The van der Waals surface area contributed by atoms with Crippen LogP contribution >= 0.6 is 0 Å². The van der Waals surface area contributed by atoms with Gasteiger partial charge in [-0.3, -0.25) is 9.80 Å². The second kappa shape index (κ2) is 6.05. The Balaban J connectivity index is 1.31. The molecule has 2 aliphatic rings. The predicted octanol–water partition coefficient (Wildman–Crippen LogP) is 2.12. The molecular formula is C16H23N5O2. The van der Waals surface area contributed by atoms with Gasteiger partial charge in [0.1, 0.15) is 5.76 Å². The average Bonchev–Trinajstić information content (AvgIpc) is 3.15. The summed E-state index contributed by atoms with van der Waals surface area (Å²) in [4.78, 5) is 9.40. The molecule has 0 spiro atoms. The van der Waals surface area contributed by atoms with Gasteiger partial charge >= 0.3 is 0 Å². The van der Waals surface area contributed by atoms with Crippen molar-refractivity contribution in [3.63, 3.8) is 0 Å². The van der Waals surface area contributed by atoms with E-state index in [0.717, 1.165) is 55.9 Å². The minimum Gasteiger partial charge on any atom is -0.361 e. The smallest absolute Gasteiger partial charge is 0.243 e. The summed E-state index contributed by atoms with van der Waals surface area (Å²) in [6.45, 7) is 8.96. The number of aryl methyl sites for hydroxylation is 1. The van der Waals surface area contributed by atoms with Gasteiger partial charge in [-0.05, 0) is 26.7 Å². The number of hydrogen-bond acceptors (Lipinski definition) is 7. The molecule has 7 nitrogen and oxygen atoms in total. The van der Waals surface area contributed by atoms with Gasteiger partial charge in [0.05, 0.1) is 11.7 Å². The van der Waals surface area contributed by atoms with Gasteiger partial charge in [0.15, 0.2) is 5.82 Å². The molecule has 2 fully saturated rings. The van der Waals surface area contributed by atoms with E-state index in [9.17, 15) is 0 Å². The zero-order valence-electron chi connectivity index (χ0n) is 13.7. The van der Waals surface area contributed by atoms with E-state index in [0.29, 0.717) is 5.92 Å². The zero-order chi connectivity index (χ0) is 15.8. The van der Waals surface area contributed by atoms with Crippen LogP contribution < -0.4 is 0 Å². The van der Waals surface area contributed by atoms with Crippen LogP contribution in [0, 0.1) is 6.92 Å². The summed E-state index contributed by atoms with van der Waals surface area (Å²) in [6, 6.07) is 2.19. The van der Waals surface area contributed by atoms with Crippen molar-refractivity contribution in [1.82, 2.24) is 25.1 Å². The third kappa shape index (κ3) is 3.30. The van der Waals surface area contributed by atoms with Crippen molar-refractivity contribution in [2.24, 2.45) is 0 Å². The molecular weight excluding hydrogens is 294 g/mol. The van der Waals surface area contributed by atoms with Gasteiger partial charge in [0.25, 0.3) is 0 Å². The first-order valence-electron chi connectivity index (χ1n) is 8.41. The van der Waals surface area contributed by atoms with E-state index in [-0.39, 0.29) is 6.04 Å². The molecule has 0 radical (unpaired) electrons. The number of rotatable bonds is 5. The first-order chi connectivity index (χ1) is 11.2. The Hall–Kier alpha value is -1.73. The molecule has 0 amide bonds. The lowest BCUT2D eigenvalue weighted by atomic mass is 10.2. The summed E-state index contributed by atoms with van der Waals surface area (Å²) in [5.74, 6) is 3.07. The maximum absolute atomic E-state index is 5.47. The van der Waals surface area contributed by atoms with E-state index in [1.807, 2.05) is 13.0 Å². The molecule has 0 bridgehead atoms. The minimum atomic E-state index is 0.187. The van der Waals surface area contributed by atoms with Crippen LogP contribution in [0.15, 0.2) is 15.1 Å². The van der Waals surface area contributed by atoms with E-state index < -0.39 is 0 Å². The Kier molecular flexibility index (Phi) is 3.90. The van der Waals surface area contributed by atoms with Gasteiger partial charge in [-0.2, -0.15) is 4.98 Å². The van der Waals surface area contributed by atoms with Crippen molar-refractivity contribution in [2.75, 3.05) is 26.2 Å². The van der Waals surface area contributed by atoms with Crippen LogP contribution in [0.4, 0.5) is 0 Å². The van der Waals surface area contributed by atoms with E-state index in [4.69, 9.17) is 9.05 Å². The number of nitrogens with zero attached hydrogens (tertiary/aromatic N) is 5. The van der Waals surface area contributed by atoms with Crippen LogP contribution in [0.25, 0.3) is 0 Å². The van der Waals surface area contributed by atoms with Crippen molar-refractivity contribution in [3.05, 3.63) is 29.2 Å². The maximum atomic E-state index is 5.47. The summed E-state index contributed by atoms with van der Waals surface area (Å²) in [5, 5.41) is 8.20. The maximum Gasteiger partial charge on any atom is 0.243 e. The van der Waals surface area contributed by atoms with Gasteiger partial charge < -0.3 is 9.05 Å². The molecule has 1 aliphatic carbocycles. The molecule has 1 saturated heterocycles. The van der Waals surface area contributed by atoms with Crippen LogP contribution in [-0.4, -0.2) is 51.3 Å². The first kappa shape index (κ1) is 14.8. The van der Waals surface area contributed by atoms with Crippen molar-refractivity contribution in [1.29, 1.82) is 0 Å². The van der Waals surface area contributed by atoms with Crippen LogP contribution in [0.5, 0.6) is 0 Å². The molecule has 7 heteroatoms. The fourth-order valence-electron chi connectivity index (χ4n) is 3.11. The molecule has 124 valence electrons. The Morgan fingerprint density at radius 3 is 2.61 bits per heavy atom. The van der Waals surface area contributed by atoms with Gasteiger partial charge in [-0.15, -0.1) is 0 Å². The standard InChI is InChI=1S/C16H23N5O2/c1-11-9-14(18-22-11)10-20-5-7-21(8-6-20)12(2)16-17-15(19-23-16)13-3-4-13/h9,12-13H,3-8,10H2,1-2H3/t12-/m1/s1. The van der Waals surface area contributed by atoms with E-state index in [2.05, 4.69) is 32.0 Å². The number of hydrogen-bond donors (Lipinski definition) is 0. The second-order valence-electron chi connectivity index (χ2n) is 6.68. The fraction of sp³-hybridized carbons (Fsp3) is 0.688.